The number of nitrogens with one attached hydrogen (secondary N) is 1. The first-order valence-electron chi connectivity index (χ1n) is 8.47. The Kier molecular flexibility index (Phi) is 4.04. The van der Waals surface area contributed by atoms with E-state index < -0.39 is 0 Å². The van der Waals surface area contributed by atoms with Gasteiger partial charge in [0.05, 0.1) is 5.69 Å². The van der Waals surface area contributed by atoms with Gasteiger partial charge >= 0.3 is 0 Å². The van der Waals surface area contributed by atoms with E-state index in [1.807, 2.05) is 0 Å². The predicted octanol–water partition coefficient (Wildman–Crippen LogP) is 4.23. The summed E-state index contributed by atoms with van der Waals surface area (Å²) in [6.45, 7) is 7.78. The van der Waals surface area contributed by atoms with E-state index in [0.29, 0.717) is 6.04 Å². The van der Waals surface area contributed by atoms with Crippen LogP contribution in [0.25, 0.3) is 0 Å². The van der Waals surface area contributed by atoms with Crippen LogP contribution in [0.5, 0.6) is 0 Å². The van der Waals surface area contributed by atoms with Gasteiger partial charge in [0.15, 0.2) is 0 Å². The van der Waals surface area contributed by atoms with Crippen molar-refractivity contribution < 1.29 is 0 Å². The molecule has 2 bridgehead atoms. The largest absolute Gasteiger partial charge is 0.353 e. The Morgan fingerprint density at radius 3 is 2.90 bits per heavy atom. The number of aryl methyl sites for hydroxylation is 2. The molecule has 0 aromatic carbocycles. The first-order valence-corrected chi connectivity index (χ1v) is 8.47. The van der Waals surface area contributed by atoms with Gasteiger partial charge in [-0.2, -0.15) is 0 Å². The van der Waals surface area contributed by atoms with E-state index in [2.05, 4.69) is 41.8 Å². The Labute approximate surface area is 123 Å². The van der Waals surface area contributed by atoms with Crippen LogP contribution in [0, 0.1) is 24.7 Å². The number of imidazole rings is 1. The van der Waals surface area contributed by atoms with Gasteiger partial charge in [0.25, 0.3) is 0 Å². The molecule has 0 aliphatic heterocycles. The molecule has 1 aromatic rings. The molecule has 3 rings (SSSR count). The quantitative estimate of drug-likeness (QED) is 0.842. The van der Waals surface area contributed by atoms with Crippen molar-refractivity contribution in [2.45, 2.75) is 71.9 Å². The van der Waals surface area contributed by atoms with E-state index in [1.165, 1.54) is 38.5 Å². The summed E-state index contributed by atoms with van der Waals surface area (Å²) in [5, 5.41) is 3.72. The van der Waals surface area contributed by atoms with Crippen molar-refractivity contribution in [3.8, 4) is 0 Å². The van der Waals surface area contributed by atoms with Crippen LogP contribution in [-0.2, 0) is 6.54 Å². The van der Waals surface area contributed by atoms with E-state index in [0.717, 1.165) is 35.9 Å². The van der Waals surface area contributed by atoms with Gasteiger partial charge in [-0.05, 0) is 57.3 Å². The lowest BCUT2D eigenvalue weighted by atomic mass is 9.84. The fourth-order valence-electron chi connectivity index (χ4n) is 4.38. The van der Waals surface area contributed by atoms with Gasteiger partial charge in [0.1, 0.15) is 0 Å². The lowest BCUT2D eigenvalue weighted by molar-refractivity contribution is 0.303. The molecule has 3 heteroatoms. The van der Waals surface area contributed by atoms with E-state index in [9.17, 15) is 0 Å². The molecule has 2 aliphatic carbocycles. The standard InChI is InChI=1S/C17H29N3/c1-4-5-8-20-11-12(2)18-17(20)19-13(3)16-10-14-6-7-15(16)9-14/h11,13-16H,4-10H2,1-3H3,(H,18,19). The summed E-state index contributed by atoms with van der Waals surface area (Å²) in [6.07, 6.45) is 10.5. The van der Waals surface area contributed by atoms with Crippen LogP contribution in [0.3, 0.4) is 0 Å². The Bertz CT molecular complexity index is 451. The molecule has 0 radical (unpaired) electrons. The van der Waals surface area contributed by atoms with Gasteiger partial charge in [0.2, 0.25) is 5.95 Å². The van der Waals surface area contributed by atoms with Crippen molar-refractivity contribution >= 4 is 5.95 Å². The summed E-state index contributed by atoms with van der Waals surface area (Å²) >= 11 is 0. The van der Waals surface area contributed by atoms with Crippen molar-refractivity contribution in [1.82, 2.24) is 9.55 Å². The average molecular weight is 275 g/mol. The second-order valence-corrected chi connectivity index (χ2v) is 7.02. The Morgan fingerprint density at radius 2 is 2.25 bits per heavy atom. The molecular weight excluding hydrogens is 246 g/mol. The summed E-state index contributed by atoms with van der Waals surface area (Å²) in [4.78, 5) is 4.69. The number of aromatic nitrogens is 2. The first kappa shape index (κ1) is 14.0. The minimum Gasteiger partial charge on any atom is -0.353 e. The molecule has 4 atom stereocenters. The molecule has 0 saturated heterocycles. The molecule has 1 heterocycles. The van der Waals surface area contributed by atoms with Crippen LogP contribution in [-0.4, -0.2) is 15.6 Å². The van der Waals surface area contributed by atoms with Crippen LogP contribution in [0.4, 0.5) is 5.95 Å². The van der Waals surface area contributed by atoms with Gasteiger partial charge in [-0.1, -0.05) is 19.8 Å². The van der Waals surface area contributed by atoms with E-state index >= 15 is 0 Å². The van der Waals surface area contributed by atoms with E-state index in [-0.39, 0.29) is 0 Å². The minimum atomic E-state index is 0.562. The molecule has 4 unspecified atom stereocenters. The smallest absolute Gasteiger partial charge is 0.203 e. The summed E-state index contributed by atoms with van der Waals surface area (Å²) < 4.78 is 2.31. The normalized spacial score (nSPS) is 29.9. The maximum atomic E-state index is 4.69. The van der Waals surface area contributed by atoms with Gasteiger partial charge in [0, 0.05) is 18.8 Å². The highest BCUT2D eigenvalue weighted by Gasteiger charge is 2.41. The van der Waals surface area contributed by atoms with E-state index in [4.69, 9.17) is 0 Å². The lowest BCUT2D eigenvalue weighted by Gasteiger charge is -2.29. The second-order valence-electron chi connectivity index (χ2n) is 7.02. The van der Waals surface area contributed by atoms with Crippen LogP contribution in [0.2, 0.25) is 0 Å². The Balaban J connectivity index is 1.64. The topological polar surface area (TPSA) is 29.9 Å². The number of rotatable bonds is 6. The highest BCUT2D eigenvalue weighted by Crippen LogP contribution is 2.49. The van der Waals surface area contributed by atoms with Crippen molar-refractivity contribution in [3.05, 3.63) is 11.9 Å². The Hall–Kier alpha value is -0.990. The third-order valence-electron chi connectivity index (χ3n) is 5.44. The van der Waals surface area contributed by atoms with Crippen molar-refractivity contribution in [3.63, 3.8) is 0 Å². The number of fused-ring (bicyclic) bond motifs is 2. The molecule has 2 aliphatic rings. The first-order chi connectivity index (χ1) is 9.67. The van der Waals surface area contributed by atoms with Gasteiger partial charge in [-0.3, -0.25) is 0 Å². The van der Waals surface area contributed by atoms with E-state index in [1.54, 1.807) is 0 Å². The molecule has 0 spiro atoms. The summed E-state index contributed by atoms with van der Waals surface area (Å²) in [7, 11) is 0. The highest BCUT2D eigenvalue weighted by molar-refractivity contribution is 5.30. The zero-order chi connectivity index (χ0) is 14.1. The van der Waals surface area contributed by atoms with Crippen LogP contribution >= 0.6 is 0 Å². The Morgan fingerprint density at radius 1 is 1.40 bits per heavy atom. The number of hydrogen-bond acceptors (Lipinski definition) is 2. The number of unbranched alkanes of at least 4 members (excludes halogenated alkanes) is 1. The summed E-state index contributed by atoms with van der Waals surface area (Å²) in [6, 6.07) is 0.562. The maximum Gasteiger partial charge on any atom is 0.203 e. The molecule has 112 valence electrons. The van der Waals surface area contributed by atoms with Crippen LogP contribution in [0.15, 0.2) is 6.20 Å². The molecule has 2 fully saturated rings. The maximum absolute atomic E-state index is 4.69. The lowest BCUT2D eigenvalue weighted by Crippen LogP contribution is -2.31. The average Bonchev–Trinajstić information content (AvgIpc) is 3.12. The second kappa shape index (κ2) is 5.79. The summed E-state index contributed by atoms with van der Waals surface area (Å²) in [5.74, 6) is 3.95. The number of anilines is 1. The zero-order valence-electron chi connectivity index (χ0n) is 13.2. The summed E-state index contributed by atoms with van der Waals surface area (Å²) in [5.41, 5.74) is 1.13. The molecule has 1 aromatic heterocycles. The third kappa shape index (κ3) is 2.72. The molecule has 3 nitrogen and oxygen atoms in total. The zero-order valence-corrected chi connectivity index (χ0v) is 13.2. The van der Waals surface area contributed by atoms with Crippen molar-refractivity contribution in [1.29, 1.82) is 0 Å². The van der Waals surface area contributed by atoms with Gasteiger partial charge in [-0.15, -0.1) is 0 Å². The van der Waals surface area contributed by atoms with Gasteiger partial charge < -0.3 is 9.88 Å². The van der Waals surface area contributed by atoms with Crippen molar-refractivity contribution in [2.24, 2.45) is 17.8 Å². The molecule has 2 saturated carbocycles. The number of nitrogens with zero attached hydrogens (tertiary/aromatic N) is 2. The molecular formula is C17H29N3. The van der Waals surface area contributed by atoms with Gasteiger partial charge in [-0.25, -0.2) is 4.98 Å². The fourth-order valence-corrected chi connectivity index (χ4v) is 4.38. The van der Waals surface area contributed by atoms with Crippen molar-refractivity contribution in [2.75, 3.05) is 5.32 Å². The third-order valence-corrected chi connectivity index (χ3v) is 5.44. The molecule has 1 N–H and O–H groups in total. The highest BCUT2D eigenvalue weighted by atomic mass is 15.2. The fraction of sp³-hybridized carbons (Fsp3) is 0.824. The SMILES string of the molecule is CCCCn1cc(C)nc1NC(C)C1CC2CCC1C2. The predicted molar refractivity (Wildman–Crippen MR) is 83.9 cm³/mol. The molecule has 0 amide bonds. The number of hydrogen-bond donors (Lipinski definition) is 1. The van der Waals surface area contributed by atoms with Crippen LogP contribution < -0.4 is 5.32 Å². The molecule has 20 heavy (non-hydrogen) atoms. The monoisotopic (exact) mass is 275 g/mol. The van der Waals surface area contributed by atoms with Crippen LogP contribution in [0.1, 0.15) is 58.1 Å². The minimum absolute atomic E-state index is 0.562.